The van der Waals surface area contributed by atoms with Gasteiger partial charge in [-0.2, -0.15) is 0 Å². The van der Waals surface area contributed by atoms with Crippen molar-refractivity contribution in [2.45, 2.75) is 13.8 Å². The lowest BCUT2D eigenvalue weighted by atomic mass is 10.1. The summed E-state index contributed by atoms with van der Waals surface area (Å²) < 4.78 is 5.35. The zero-order chi connectivity index (χ0) is 15.2. The number of benzene rings is 1. The highest BCUT2D eigenvalue weighted by molar-refractivity contribution is 5.94. The number of hydrogen-bond acceptors (Lipinski definition) is 4. The Morgan fingerprint density at radius 1 is 1.19 bits per heavy atom. The molecule has 0 fully saturated rings. The maximum atomic E-state index is 11.7. The third kappa shape index (κ3) is 4.42. The van der Waals surface area contributed by atoms with Crippen molar-refractivity contribution in [3.05, 3.63) is 53.7 Å². The Morgan fingerprint density at radius 2 is 1.90 bits per heavy atom. The predicted molar refractivity (Wildman–Crippen MR) is 79.5 cm³/mol. The number of carbonyl (C=O) groups excluding carboxylic acids is 2. The van der Waals surface area contributed by atoms with Crippen LogP contribution in [0, 0.1) is 6.92 Å². The van der Waals surface area contributed by atoms with E-state index in [1.807, 2.05) is 13.0 Å². The van der Waals surface area contributed by atoms with Crippen molar-refractivity contribution in [1.29, 1.82) is 0 Å². The minimum atomic E-state index is -0.288. The summed E-state index contributed by atoms with van der Waals surface area (Å²) in [4.78, 5) is 26.9. The Labute approximate surface area is 123 Å². The van der Waals surface area contributed by atoms with Gasteiger partial charge in [0.1, 0.15) is 11.6 Å². The SMILES string of the molecule is CC(=O)c1ccc(OCC(=O)Nc2cc(C)ccn2)cc1. The molecule has 5 heteroatoms. The van der Waals surface area contributed by atoms with E-state index in [4.69, 9.17) is 4.74 Å². The van der Waals surface area contributed by atoms with Gasteiger partial charge in [0.25, 0.3) is 5.91 Å². The molecule has 0 unspecified atom stereocenters. The van der Waals surface area contributed by atoms with E-state index in [2.05, 4.69) is 10.3 Å². The molecule has 0 spiro atoms. The molecule has 1 aromatic carbocycles. The summed E-state index contributed by atoms with van der Waals surface area (Å²) in [5.74, 6) is 0.733. The first-order chi connectivity index (χ1) is 10.0. The Hall–Kier alpha value is -2.69. The highest BCUT2D eigenvalue weighted by Crippen LogP contribution is 2.12. The highest BCUT2D eigenvalue weighted by Gasteiger charge is 2.05. The second-order valence-corrected chi connectivity index (χ2v) is 4.64. The Balaban J connectivity index is 1.87. The first-order valence-corrected chi connectivity index (χ1v) is 6.51. The van der Waals surface area contributed by atoms with Crippen LogP contribution in [0.2, 0.25) is 0 Å². The molecule has 0 aliphatic heterocycles. The van der Waals surface area contributed by atoms with Crippen molar-refractivity contribution in [3.63, 3.8) is 0 Å². The van der Waals surface area contributed by atoms with Crippen molar-refractivity contribution in [1.82, 2.24) is 4.98 Å². The van der Waals surface area contributed by atoms with E-state index in [-0.39, 0.29) is 18.3 Å². The average Bonchev–Trinajstić information content (AvgIpc) is 2.45. The third-order valence-electron chi connectivity index (χ3n) is 2.81. The van der Waals surface area contributed by atoms with E-state index in [9.17, 15) is 9.59 Å². The lowest BCUT2D eigenvalue weighted by Gasteiger charge is -2.07. The van der Waals surface area contributed by atoms with Crippen LogP contribution in [0.3, 0.4) is 0 Å². The number of rotatable bonds is 5. The minimum absolute atomic E-state index is 0.00943. The van der Waals surface area contributed by atoms with E-state index in [1.165, 1.54) is 6.92 Å². The molecule has 0 bridgehead atoms. The molecule has 108 valence electrons. The van der Waals surface area contributed by atoms with Gasteiger partial charge in [-0.1, -0.05) is 0 Å². The van der Waals surface area contributed by atoms with Crippen LogP contribution in [-0.4, -0.2) is 23.3 Å². The van der Waals surface area contributed by atoms with Gasteiger partial charge in [-0.15, -0.1) is 0 Å². The monoisotopic (exact) mass is 284 g/mol. The molecule has 1 amide bonds. The van der Waals surface area contributed by atoms with Crippen molar-refractivity contribution >= 4 is 17.5 Å². The minimum Gasteiger partial charge on any atom is -0.484 e. The second kappa shape index (κ2) is 6.65. The quantitative estimate of drug-likeness (QED) is 0.857. The van der Waals surface area contributed by atoms with Crippen LogP contribution in [0.15, 0.2) is 42.6 Å². The Morgan fingerprint density at radius 3 is 2.52 bits per heavy atom. The molecule has 0 aliphatic carbocycles. The van der Waals surface area contributed by atoms with Crippen LogP contribution in [0.4, 0.5) is 5.82 Å². The summed E-state index contributed by atoms with van der Waals surface area (Å²) in [6.45, 7) is 3.30. The number of carbonyl (C=O) groups is 2. The van der Waals surface area contributed by atoms with E-state index < -0.39 is 0 Å². The van der Waals surface area contributed by atoms with E-state index in [1.54, 1.807) is 36.5 Å². The van der Waals surface area contributed by atoms with Gasteiger partial charge in [-0.05, 0) is 55.8 Å². The number of pyridine rings is 1. The number of hydrogen-bond donors (Lipinski definition) is 1. The highest BCUT2D eigenvalue weighted by atomic mass is 16.5. The molecular formula is C16H16N2O3. The smallest absolute Gasteiger partial charge is 0.263 e. The lowest BCUT2D eigenvalue weighted by Crippen LogP contribution is -2.20. The fourth-order valence-corrected chi connectivity index (χ4v) is 1.72. The second-order valence-electron chi connectivity index (χ2n) is 4.64. The summed E-state index contributed by atoms with van der Waals surface area (Å²) in [6.07, 6.45) is 1.63. The summed E-state index contributed by atoms with van der Waals surface area (Å²) in [6, 6.07) is 10.3. The molecule has 1 N–H and O–H groups in total. The Kier molecular flexibility index (Phi) is 4.66. The molecule has 1 aromatic heterocycles. The largest absolute Gasteiger partial charge is 0.484 e. The normalized spacial score (nSPS) is 10.0. The van der Waals surface area contributed by atoms with E-state index >= 15 is 0 Å². The van der Waals surface area contributed by atoms with Gasteiger partial charge < -0.3 is 10.1 Å². The van der Waals surface area contributed by atoms with Gasteiger partial charge in [0, 0.05) is 11.8 Å². The molecule has 2 aromatic rings. The Bertz CT molecular complexity index is 651. The van der Waals surface area contributed by atoms with Crippen LogP contribution in [-0.2, 0) is 4.79 Å². The molecule has 0 saturated carbocycles. The van der Waals surface area contributed by atoms with Gasteiger partial charge in [-0.3, -0.25) is 9.59 Å². The van der Waals surface area contributed by atoms with Gasteiger partial charge in [0.2, 0.25) is 0 Å². The molecule has 0 saturated heterocycles. The maximum Gasteiger partial charge on any atom is 0.263 e. The van der Waals surface area contributed by atoms with Crippen LogP contribution in [0.5, 0.6) is 5.75 Å². The summed E-state index contributed by atoms with van der Waals surface area (Å²) in [5, 5.41) is 2.65. The summed E-state index contributed by atoms with van der Waals surface area (Å²) in [5.41, 5.74) is 1.62. The van der Waals surface area contributed by atoms with Crippen molar-refractivity contribution in [2.24, 2.45) is 0 Å². The molecule has 0 radical (unpaired) electrons. The number of Topliss-reactive ketones (excluding diaryl/α,β-unsaturated/α-hetero) is 1. The number of nitrogens with one attached hydrogen (secondary N) is 1. The van der Waals surface area contributed by atoms with Crippen molar-refractivity contribution < 1.29 is 14.3 Å². The number of ketones is 1. The zero-order valence-corrected chi connectivity index (χ0v) is 11.9. The molecule has 21 heavy (non-hydrogen) atoms. The van der Waals surface area contributed by atoms with Crippen LogP contribution in [0.25, 0.3) is 0 Å². The van der Waals surface area contributed by atoms with Gasteiger partial charge >= 0.3 is 0 Å². The van der Waals surface area contributed by atoms with E-state index in [0.29, 0.717) is 17.1 Å². The number of amides is 1. The standard InChI is InChI=1S/C16H16N2O3/c1-11-7-8-17-15(9-11)18-16(20)10-21-14-5-3-13(4-6-14)12(2)19/h3-9H,10H2,1-2H3,(H,17,18,20). The number of aromatic nitrogens is 1. The molecular weight excluding hydrogens is 268 g/mol. The fourth-order valence-electron chi connectivity index (χ4n) is 1.72. The lowest BCUT2D eigenvalue weighted by molar-refractivity contribution is -0.118. The van der Waals surface area contributed by atoms with Crippen LogP contribution < -0.4 is 10.1 Å². The number of aryl methyl sites for hydroxylation is 1. The van der Waals surface area contributed by atoms with E-state index in [0.717, 1.165) is 5.56 Å². The predicted octanol–water partition coefficient (Wildman–Crippen LogP) is 2.61. The molecule has 0 atom stereocenters. The number of anilines is 1. The van der Waals surface area contributed by atoms with Crippen LogP contribution in [0.1, 0.15) is 22.8 Å². The van der Waals surface area contributed by atoms with Crippen molar-refractivity contribution in [3.8, 4) is 5.75 Å². The first-order valence-electron chi connectivity index (χ1n) is 6.51. The molecule has 0 aliphatic rings. The van der Waals surface area contributed by atoms with Crippen molar-refractivity contribution in [2.75, 3.05) is 11.9 Å². The van der Waals surface area contributed by atoms with Crippen LogP contribution >= 0.6 is 0 Å². The molecule has 2 rings (SSSR count). The van der Waals surface area contributed by atoms with Gasteiger partial charge in [0.15, 0.2) is 12.4 Å². The fraction of sp³-hybridized carbons (Fsp3) is 0.188. The average molecular weight is 284 g/mol. The molecule has 5 nitrogen and oxygen atoms in total. The first kappa shape index (κ1) is 14.7. The summed E-state index contributed by atoms with van der Waals surface area (Å²) in [7, 11) is 0. The number of ether oxygens (including phenoxy) is 1. The molecule has 1 heterocycles. The van der Waals surface area contributed by atoms with Gasteiger partial charge in [0.05, 0.1) is 0 Å². The topological polar surface area (TPSA) is 68.3 Å². The third-order valence-corrected chi connectivity index (χ3v) is 2.81. The maximum absolute atomic E-state index is 11.7. The number of nitrogens with zero attached hydrogens (tertiary/aromatic N) is 1. The zero-order valence-electron chi connectivity index (χ0n) is 11.9. The van der Waals surface area contributed by atoms with Gasteiger partial charge in [-0.25, -0.2) is 4.98 Å². The summed E-state index contributed by atoms with van der Waals surface area (Å²) >= 11 is 0.